The van der Waals surface area contributed by atoms with Crippen molar-refractivity contribution in [1.29, 1.82) is 0 Å². The standard InChI is InChI=1S/C19H20Cl2N6O2S/c1-26-12-15(11-24-26)25-30(28,29)19-16(20)8-14(9-17(19)21)13-2-3-23-18(10-13)27-6-4-22-5-7-27/h2-3,8-12,22H,4-7H2,1H3,(H-,25,28,29)/p+1. The van der Waals surface area contributed by atoms with E-state index in [4.69, 9.17) is 23.2 Å². The average Bonchev–Trinajstić information content (AvgIpc) is 3.11. The molecular weight excluding hydrogens is 447 g/mol. The number of piperazine rings is 1. The molecule has 3 aromatic rings. The van der Waals surface area contributed by atoms with Gasteiger partial charge < -0.3 is 10.2 Å². The molecule has 0 bridgehead atoms. The van der Waals surface area contributed by atoms with Crippen LogP contribution in [0.25, 0.3) is 11.1 Å². The number of anilines is 2. The maximum absolute atomic E-state index is 12.9. The maximum Gasteiger partial charge on any atom is 0.349 e. The van der Waals surface area contributed by atoms with E-state index in [1.807, 2.05) is 12.1 Å². The highest BCUT2D eigenvalue weighted by atomic mass is 35.5. The third-order valence-electron chi connectivity index (χ3n) is 4.76. The largest absolute Gasteiger partial charge is 0.354 e. The van der Waals surface area contributed by atoms with Crippen LogP contribution in [0, 0.1) is 0 Å². The van der Waals surface area contributed by atoms with Crippen molar-refractivity contribution in [2.75, 3.05) is 35.8 Å². The Morgan fingerprint density at radius 2 is 1.87 bits per heavy atom. The number of hydrogen-bond acceptors (Lipinski definition) is 5. The van der Waals surface area contributed by atoms with E-state index < -0.39 is 10.4 Å². The SMILES string of the molecule is Cn1cc(N[S+](=O)(O)c2c(Cl)cc(-c3ccnc(N4CCNCC4)c3)cc2Cl)cn1. The Hall–Kier alpha value is -2.17. The third-order valence-corrected chi connectivity index (χ3v) is 7.08. The Kier molecular flexibility index (Phi) is 5.99. The van der Waals surface area contributed by atoms with E-state index in [1.54, 1.807) is 31.6 Å². The normalized spacial score (nSPS) is 16.3. The fourth-order valence-corrected chi connectivity index (χ4v) is 5.63. The summed E-state index contributed by atoms with van der Waals surface area (Å²) in [5, 5.41) is 7.49. The Morgan fingerprint density at radius 1 is 1.17 bits per heavy atom. The number of aromatic nitrogens is 3. The molecule has 4 rings (SSSR count). The van der Waals surface area contributed by atoms with Gasteiger partial charge in [0.2, 0.25) is 0 Å². The van der Waals surface area contributed by atoms with E-state index in [1.165, 1.54) is 10.9 Å². The minimum absolute atomic E-state index is 0.0604. The Labute approximate surface area is 185 Å². The molecule has 1 saturated heterocycles. The van der Waals surface area contributed by atoms with E-state index in [0.29, 0.717) is 5.69 Å². The van der Waals surface area contributed by atoms with Gasteiger partial charge in [-0.05, 0) is 39.6 Å². The van der Waals surface area contributed by atoms with Crippen LogP contribution in [-0.2, 0) is 21.7 Å². The summed E-state index contributed by atoms with van der Waals surface area (Å²) >= 11 is 12.8. The van der Waals surface area contributed by atoms with E-state index >= 15 is 0 Å². The van der Waals surface area contributed by atoms with Gasteiger partial charge in [-0.15, -0.1) is 0 Å². The van der Waals surface area contributed by atoms with Crippen molar-refractivity contribution in [1.82, 2.24) is 20.1 Å². The van der Waals surface area contributed by atoms with Crippen molar-refractivity contribution in [3.8, 4) is 11.1 Å². The second kappa shape index (κ2) is 8.52. The molecule has 2 aromatic heterocycles. The van der Waals surface area contributed by atoms with E-state index in [0.717, 1.165) is 43.1 Å². The highest BCUT2D eigenvalue weighted by molar-refractivity contribution is 7.99. The van der Waals surface area contributed by atoms with Crippen LogP contribution in [0.15, 0.2) is 47.8 Å². The number of nitrogens with zero attached hydrogens (tertiary/aromatic N) is 4. The Morgan fingerprint density at radius 3 is 2.50 bits per heavy atom. The lowest BCUT2D eigenvalue weighted by atomic mass is 10.1. The van der Waals surface area contributed by atoms with Crippen LogP contribution in [0.4, 0.5) is 11.5 Å². The maximum atomic E-state index is 12.9. The molecular formula is C19H21Cl2N6O2S+. The summed E-state index contributed by atoms with van der Waals surface area (Å²) in [6.45, 7) is 3.58. The molecule has 0 radical (unpaired) electrons. The topological polar surface area (TPSA) is 95.3 Å². The van der Waals surface area contributed by atoms with Gasteiger partial charge in [-0.25, -0.2) is 4.98 Å². The fourth-order valence-electron chi connectivity index (χ4n) is 3.34. The first-order chi connectivity index (χ1) is 14.3. The summed E-state index contributed by atoms with van der Waals surface area (Å²) in [5.41, 5.74) is 2.00. The van der Waals surface area contributed by atoms with Crippen LogP contribution in [0.1, 0.15) is 0 Å². The predicted molar refractivity (Wildman–Crippen MR) is 121 cm³/mol. The zero-order valence-corrected chi connectivity index (χ0v) is 18.5. The summed E-state index contributed by atoms with van der Waals surface area (Å²) < 4.78 is 27.6. The summed E-state index contributed by atoms with van der Waals surface area (Å²) in [4.78, 5) is 6.61. The molecule has 0 amide bonds. The van der Waals surface area contributed by atoms with Crippen LogP contribution in [-0.4, -0.2) is 45.5 Å². The number of aryl methyl sites for hydroxylation is 1. The molecule has 30 heavy (non-hydrogen) atoms. The lowest BCUT2D eigenvalue weighted by molar-refractivity contribution is 0.503. The summed E-state index contributed by atoms with van der Waals surface area (Å²) in [7, 11) is -2.02. The number of nitrogens with one attached hydrogen (secondary N) is 2. The highest BCUT2D eigenvalue weighted by Gasteiger charge is 2.36. The molecule has 1 aliphatic rings. The highest BCUT2D eigenvalue weighted by Crippen LogP contribution is 2.38. The van der Waals surface area contributed by atoms with E-state index in [9.17, 15) is 8.76 Å². The van der Waals surface area contributed by atoms with Crippen molar-refractivity contribution in [2.45, 2.75) is 4.90 Å². The van der Waals surface area contributed by atoms with Gasteiger partial charge in [0, 0.05) is 39.4 Å². The van der Waals surface area contributed by atoms with E-state index in [-0.39, 0.29) is 14.9 Å². The number of benzene rings is 1. The van der Waals surface area contributed by atoms with Gasteiger partial charge in [0.1, 0.15) is 21.6 Å². The first-order valence-electron chi connectivity index (χ1n) is 9.28. The molecule has 3 N–H and O–H groups in total. The molecule has 0 spiro atoms. The molecule has 3 heterocycles. The Balaban J connectivity index is 1.65. The number of hydrogen-bond donors (Lipinski definition) is 3. The first-order valence-corrected chi connectivity index (χ1v) is 11.5. The summed E-state index contributed by atoms with van der Waals surface area (Å²) in [5.74, 6) is 0.870. The van der Waals surface area contributed by atoms with Crippen LogP contribution in [0.2, 0.25) is 10.0 Å². The number of pyridine rings is 1. The number of halogens is 2. The lowest BCUT2D eigenvalue weighted by Crippen LogP contribution is -2.43. The minimum Gasteiger partial charge on any atom is -0.354 e. The van der Waals surface area contributed by atoms with Crippen molar-refractivity contribution in [3.05, 3.63) is 52.9 Å². The van der Waals surface area contributed by atoms with Gasteiger partial charge in [0.15, 0.2) is 0 Å². The molecule has 1 atom stereocenters. The van der Waals surface area contributed by atoms with Crippen LogP contribution >= 0.6 is 23.2 Å². The molecule has 1 fully saturated rings. The Bertz CT molecular complexity index is 1090. The minimum atomic E-state index is -3.73. The van der Waals surface area contributed by atoms with Gasteiger partial charge >= 0.3 is 10.4 Å². The molecule has 1 aliphatic heterocycles. The predicted octanol–water partition coefficient (Wildman–Crippen LogP) is 3.56. The van der Waals surface area contributed by atoms with Crippen LogP contribution in [0.5, 0.6) is 0 Å². The van der Waals surface area contributed by atoms with Gasteiger partial charge in [0.25, 0.3) is 4.90 Å². The molecule has 11 heteroatoms. The van der Waals surface area contributed by atoms with Crippen LogP contribution in [0.3, 0.4) is 0 Å². The molecule has 158 valence electrons. The zero-order chi connectivity index (χ0) is 21.3. The fraction of sp³-hybridized carbons (Fsp3) is 0.263. The average molecular weight is 468 g/mol. The second-order valence-corrected chi connectivity index (χ2v) is 9.42. The van der Waals surface area contributed by atoms with E-state index in [2.05, 4.69) is 25.0 Å². The summed E-state index contributed by atoms with van der Waals surface area (Å²) in [6.07, 6.45) is 4.77. The van der Waals surface area contributed by atoms with Crippen molar-refractivity contribution in [3.63, 3.8) is 0 Å². The molecule has 1 aromatic carbocycles. The van der Waals surface area contributed by atoms with Gasteiger partial charge in [-0.2, -0.15) is 14.4 Å². The zero-order valence-electron chi connectivity index (χ0n) is 16.2. The molecule has 0 aliphatic carbocycles. The molecule has 0 saturated carbocycles. The second-order valence-electron chi connectivity index (χ2n) is 6.94. The molecule has 1 unspecified atom stereocenters. The van der Waals surface area contributed by atoms with Gasteiger partial charge in [0.05, 0.1) is 12.4 Å². The monoisotopic (exact) mass is 467 g/mol. The lowest BCUT2D eigenvalue weighted by Gasteiger charge is -2.28. The summed E-state index contributed by atoms with van der Waals surface area (Å²) in [6, 6.07) is 7.11. The van der Waals surface area contributed by atoms with Gasteiger partial charge in [-0.1, -0.05) is 23.2 Å². The number of rotatable bonds is 5. The van der Waals surface area contributed by atoms with Crippen LogP contribution < -0.4 is 14.9 Å². The molecule has 8 nitrogen and oxygen atoms in total. The van der Waals surface area contributed by atoms with Crippen molar-refractivity contribution in [2.24, 2.45) is 7.05 Å². The smallest absolute Gasteiger partial charge is 0.349 e. The first kappa shape index (κ1) is 21.1. The quantitative estimate of drug-likeness (QED) is 0.496. The van der Waals surface area contributed by atoms with Crippen molar-refractivity contribution >= 4 is 45.1 Å². The third kappa shape index (κ3) is 4.45. The van der Waals surface area contributed by atoms with Gasteiger partial charge in [-0.3, -0.25) is 4.68 Å². The van der Waals surface area contributed by atoms with Crippen molar-refractivity contribution < 1.29 is 8.76 Å².